The van der Waals surface area contributed by atoms with Crippen LogP contribution in [0.25, 0.3) is 0 Å². The quantitative estimate of drug-likeness (QED) is 0.572. The normalized spacial score (nSPS) is 14.5. The van der Waals surface area contributed by atoms with Crippen molar-refractivity contribution in [2.45, 2.75) is 50.8 Å². The van der Waals surface area contributed by atoms with Gasteiger partial charge in [-0.3, -0.25) is 0 Å². The topological polar surface area (TPSA) is 43.4 Å². The Hall–Kier alpha value is -0.0831. The SMILES string of the molecule is CC[Si](CC)(OS(=O)(=O)C(F)(F)F)C(C)C. The lowest BCUT2D eigenvalue weighted by Gasteiger charge is -2.32. The highest BCUT2D eigenvalue weighted by molar-refractivity contribution is 7.88. The molecule has 98 valence electrons. The van der Waals surface area contributed by atoms with Gasteiger partial charge in [0.1, 0.15) is 0 Å². The molecule has 0 radical (unpaired) electrons. The number of alkyl halides is 3. The molecule has 0 aliphatic rings. The molecule has 0 aromatic carbocycles. The van der Waals surface area contributed by atoms with Crippen LogP contribution < -0.4 is 0 Å². The van der Waals surface area contributed by atoms with Crippen LogP contribution in [0.4, 0.5) is 13.2 Å². The first-order valence-corrected chi connectivity index (χ1v) is 8.85. The van der Waals surface area contributed by atoms with Crippen LogP contribution in [0.1, 0.15) is 27.7 Å². The first-order valence-electron chi connectivity index (χ1n) is 5.04. The van der Waals surface area contributed by atoms with Gasteiger partial charge in [0.05, 0.1) is 0 Å². The fourth-order valence-corrected chi connectivity index (χ4v) is 7.52. The number of hydrogen-bond donors (Lipinski definition) is 0. The van der Waals surface area contributed by atoms with Crippen LogP contribution in [-0.2, 0) is 14.0 Å². The molecule has 0 unspecified atom stereocenters. The third kappa shape index (κ3) is 3.20. The van der Waals surface area contributed by atoms with E-state index in [4.69, 9.17) is 0 Å². The van der Waals surface area contributed by atoms with E-state index in [0.29, 0.717) is 12.1 Å². The van der Waals surface area contributed by atoms with Crippen LogP contribution in [0.5, 0.6) is 0 Å². The summed E-state index contributed by atoms with van der Waals surface area (Å²) in [5.74, 6) is 0. The lowest BCUT2D eigenvalue weighted by molar-refractivity contribution is -0.0504. The van der Waals surface area contributed by atoms with E-state index < -0.39 is 23.9 Å². The first-order chi connectivity index (χ1) is 7.02. The van der Waals surface area contributed by atoms with E-state index in [2.05, 4.69) is 3.87 Å². The Bertz CT molecular complexity index is 320. The highest BCUT2D eigenvalue weighted by Crippen LogP contribution is 2.36. The average molecular weight is 278 g/mol. The van der Waals surface area contributed by atoms with Gasteiger partial charge in [0.2, 0.25) is 8.32 Å². The third-order valence-corrected chi connectivity index (χ3v) is 10.1. The van der Waals surface area contributed by atoms with Gasteiger partial charge in [0.25, 0.3) is 0 Å². The van der Waals surface area contributed by atoms with Gasteiger partial charge in [0.15, 0.2) is 0 Å². The second-order valence-corrected chi connectivity index (χ2v) is 10.6. The monoisotopic (exact) mass is 278 g/mol. The summed E-state index contributed by atoms with van der Waals surface area (Å²) in [6.07, 6.45) is 0. The van der Waals surface area contributed by atoms with E-state index >= 15 is 0 Å². The zero-order valence-corrected chi connectivity index (χ0v) is 11.6. The molecular formula is C8H17F3O3SSi. The van der Waals surface area contributed by atoms with Gasteiger partial charge in [-0.05, 0) is 17.6 Å². The second-order valence-electron chi connectivity index (χ2n) is 3.91. The molecule has 0 fully saturated rings. The summed E-state index contributed by atoms with van der Waals surface area (Å²) >= 11 is 0. The number of halogens is 3. The molecule has 0 aliphatic heterocycles. The number of hydrogen-bond acceptors (Lipinski definition) is 3. The van der Waals surface area contributed by atoms with Crippen molar-refractivity contribution in [1.29, 1.82) is 0 Å². The fourth-order valence-electron chi connectivity index (χ4n) is 1.55. The van der Waals surface area contributed by atoms with Crippen LogP contribution in [0.2, 0.25) is 17.6 Å². The Morgan fingerprint density at radius 3 is 1.75 bits per heavy atom. The Labute approximate surface area is 95.2 Å². The maximum atomic E-state index is 12.2. The molecule has 0 N–H and O–H groups in total. The average Bonchev–Trinajstić information content (AvgIpc) is 2.12. The van der Waals surface area contributed by atoms with E-state index in [0.717, 1.165) is 0 Å². The fraction of sp³-hybridized carbons (Fsp3) is 1.00. The zero-order valence-electron chi connectivity index (χ0n) is 9.76. The van der Waals surface area contributed by atoms with Crippen molar-refractivity contribution in [2.75, 3.05) is 0 Å². The highest BCUT2D eigenvalue weighted by Gasteiger charge is 2.52. The summed E-state index contributed by atoms with van der Waals surface area (Å²) in [7, 11) is -8.34. The summed E-state index contributed by atoms with van der Waals surface area (Å²) in [4.78, 5) is 0. The van der Waals surface area contributed by atoms with Gasteiger partial charge in [-0.15, -0.1) is 0 Å². The minimum atomic E-state index is -5.46. The molecule has 0 rings (SSSR count). The molecule has 3 nitrogen and oxygen atoms in total. The molecule has 0 bridgehead atoms. The molecular weight excluding hydrogens is 261 g/mol. The Balaban J connectivity index is 5.21. The summed E-state index contributed by atoms with van der Waals surface area (Å²) in [6, 6.07) is 0.687. The summed E-state index contributed by atoms with van der Waals surface area (Å²) in [5, 5.41) is 0. The predicted octanol–water partition coefficient (Wildman–Crippen LogP) is 3.25. The number of rotatable bonds is 5. The molecule has 0 aliphatic carbocycles. The second kappa shape index (κ2) is 5.05. The third-order valence-electron chi connectivity index (χ3n) is 2.81. The van der Waals surface area contributed by atoms with Gasteiger partial charge in [0, 0.05) is 0 Å². The van der Waals surface area contributed by atoms with Gasteiger partial charge < -0.3 is 3.87 Å². The molecule has 0 aromatic rings. The van der Waals surface area contributed by atoms with Crippen LogP contribution in [-0.4, -0.2) is 22.2 Å². The highest BCUT2D eigenvalue weighted by atomic mass is 32.2. The zero-order chi connectivity index (χ0) is 13.2. The molecule has 0 saturated heterocycles. The summed E-state index contributed by atoms with van der Waals surface area (Å²) < 4.78 is 63.1. The maximum absolute atomic E-state index is 12.2. The van der Waals surface area contributed by atoms with E-state index in [1.165, 1.54) is 0 Å². The minimum absolute atomic E-state index is 0.181. The van der Waals surface area contributed by atoms with Gasteiger partial charge in [-0.2, -0.15) is 21.6 Å². The molecule has 0 heterocycles. The van der Waals surface area contributed by atoms with Crippen LogP contribution in [0, 0.1) is 0 Å². The van der Waals surface area contributed by atoms with E-state index in [1.54, 1.807) is 27.7 Å². The largest absolute Gasteiger partial charge is 0.522 e. The lowest BCUT2D eigenvalue weighted by Crippen LogP contribution is -2.45. The summed E-state index contributed by atoms with van der Waals surface area (Å²) in [6.45, 7) is 6.74. The van der Waals surface area contributed by atoms with Crippen molar-refractivity contribution in [3.05, 3.63) is 0 Å². The van der Waals surface area contributed by atoms with Crippen LogP contribution in [0.15, 0.2) is 0 Å². The maximum Gasteiger partial charge on any atom is 0.522 e. The Morgan fingerprint density at radius 1 is 1.19 bits per heavy atom. The van der Waals surface area contributed by atoms with E-state index in [9.17, 15) is 21.6 Å². The van der Waals surface area contributed by atoms with Crippen molar-refractivity contribution < 1.29 is 25.5 Å². The molecule has 0 aromatic heterocycles. The molecule has 0 atom stereocenters. The van der Waals surface area contributed by atoms with Crippen molar-refractivity contribution in [1.82, 2.24) is 0 Å². The van der Waals surface area contributed by atoms with Gasteiger partial charge in [-0.1, -0.05) is 27.7 Å². The molecule has 0 amide bonds. The first kappa shape index (κ1) is 15.9. The predicted molar refractivity (Wildman–Crippen MR) is 57.9 cm³/mol. The van der Waals surface area contributed by atoms with Gasteiger partial charge >= 0.3 is 15.6 Å². The summed E-state index contributed by atoms with van der Waals surface area (Å²) in [5.41, 5.74) is -5.51. The smallest absolute Gasteiger partial charge is 0.308 e. The molecule has 8 heteroatoms. The Kier molecular flexibility index (Phi) is 5.02. The minimum Gasteiger partial charge on any atom is -0.308 e. The van der Waals surface area contributed by atoms with Crippen molar-refractivity contribution in [2.24, 2.45) is 0 Å². The lowest BCUT2D eigenvalue weighted by atomic mass is 10.6. The standard InChI is InChI=1S/C8H17F3O3SSi/c1-5-16(6-2,7(3)4)14-15(12,13)8(9,10)11/h7H,5-6H2,1-4H3. The molecule has 0 spiro atoms. The van der Waals surface area contributed by atoms with E-state index in [1.807, 2.05) is 0 Å². The van der Waals surface area contributed by atoms with E-state index in [-0.39, 0.29) is 5.54 Å². The van der Waals surface area contributed by atoms with Crippen molar-refractivity contribution in [3.8, 4) is 0 Å². The molecule has 16 heavy (non-hydrogen) atoms. The Morgan fingerprint density at radius 2 is 1.56 bits per heavy atom. The van der Waals surface area contributed by atoms with Crippen LogP contribution in [0.3, 0.4) is 0 Å². The molecule has 0 saturated carbocycles. The van der Waals surface area contributed by atoms with Crippen LogP contribution >= 0.6 is 0 Å². The van der Waals surface area contributed by atoms with Crippen molar-refractivity contribution in [3.63, 3.8) is 0 Å². The van der Waals surface area contributed by atoms with Gasteiger partial charge in [-0.25, -0.2) is 0 Å². The van der Waals surface area contributed by atoms with Crippen molar-refractivity contribution >= 4 is 18.4 Å².